The molecular formula is C13H17NO3S. The third-order valence-electron chi connectivity index (χ3n) is 3.32. The monoisotopic (exact) mass is 267 g/mol. The Balaban J connectivity index is 1.65. The van der Waals surface area contributed by atoms with Crippen molar-refractivity contribution in [2.45, 2.75) is 25.4 Å². The maximum absolute atomic E-state index is 9.92. The topological polar surface area (TPSA) is 50.7 Å². The minimum absolute atomic E-state index is 0.241. The van der Waals surface area contributed by atoms with Crippen LogP contribution in [0.1, 0.15) is 18.4 Å². The van der Waals surface area contributed by atoms with Gasteiger partial charge in [0.05, 0.1) is 0 Å². The Morgan fingerprint density at radius 3 is 2.94 bits per heavy atom. The van der Waals surface area contributed by atoms with Crippen LogP contribution in [0, 0.1) is 0 Å². The molecule has 18 heavy (non-hydrogen) atoms. The van der Waals surface area contributed by atoms with Gasteiger partial charge in [-0.25, -0.2) is 0 Å². The molecular weight excluding hydrogens is 250 g/mol. The van der Waals surface area contributed by atoms with Crippen LogP contribution in [-0.4, -0.2) is 29.4 Å². The van der Waals surface area contributed by atoms with Crippen molar-refractivity contribution < 1.29 is 14.6 Å². The Morgan fingerprint density at radius 1 is 1.33 bits per heavy atom. The summed E-state index contributed by atoms with van der Waals surface area (Å²) in [5.74, 6) is 4.06. The number of thioether (sulfide) groups is 1. The predicted molar refractivity (Wildman–Crippen MR) is 71.4 cm³/mol. The maximum Gasteiger partial charge on any atom is 0.231 e. The van der Waals surface area contributed by atoms with Gasteiger partial charge in [-0.1, -0.05) is 0 Å². The van der Waals surface area contributed by atoms with Crippen LogP contribution in [-0.2, 0) is 6.54 Å². The summed E-state index contributed by atoms with van der Waals surface area (Å²) in [6.07, 6.45) is 2.49. The number of ether oxygens (including phenoxy) is 2. The Hall–Kier alpha value is -1.07. The first kappa shape index (κ1) is 12.0. The number of hydrogen-bond donors (Lipinski definition) is 2. The van der Waals surface area contributed by atoms with Gasteiger partial charge in [-0.2, -0.15) is 11.8 Å². The average molecular weight is 267 g/mol. The zero-order valence-corrected chi connectivity index (χ0v) is 11.0. The van der Waals surface area contributed by atoms with Gasteiger partial charge in [0, 0.05) is 30.0 Å². The molecule has 1 unspecified atom stereocenters. The van der Waals surface area contributed by atoms with Gasteiger partial charge in [0.25, 0.3) is 0 Å². The first-order chi connectivity index (χ1) is 8.83. The largest absolute Gasteiger partial charge is 0.507 e. The second kappa shape index (κ2) is 5.28. The van der Waals surface area contributed by atoms with Gasteiger partial charge in [-0.3, -0.25) is 0 Å². The molecule has 5 heteroatoms. The number of nitrogens with one attached hydrogen (secondary N) is 1. The van der Waals surface area contributed by atoms with E-state index in [4.69, 9.17) is 9.47 Å². The molecule has 0 radical (unpaired) electrons. The van der Waals surface area contributed by atoms with Crippen LogP contribution in [0.4, 0.5) is 0 Å². The number of fused-ring (bicyclic) bond motifs is 1. The van der Waals surface area contributed by atoms with E-state index >= 15 is 0 Å². The summed E-state index contributed by atoms with van der Waals surface area (Å²) in [5.41, 5.74) is 0.870. The molecule has 1 fully saturated rings. The third-order valence-corrected chi connectivity index (χ3v) is 4.53. The highest BCUT2D eigenvalue weighted by molar-refractivity contribution is 7.99. The van der Waals surface area contributed by atoms with Gasteiger partial charge in [-0.05, 0) is 24.7 Å². The smallest absolute Gasteiger partial charge is 0.231 e. The summed E-state index contributed by atoms with van der Waals surface area (Å²) >= 11 is 1.99. The number of hydrogen-bond acceptors (Lipinski definition) is 5. The molecule has 1 atom stereocenters. The number of rotatable bonds is 3. The summed E-state index contributed by atoms with van der Waals surface area (Å²) in [7, 11) is 0. The molecule has 3 rings (SSSR count). The molecule has 0 saturated carbocycles. The van der Waals surface area contributed by atoms with Crippen molar-refractivity contribution in [3.8, 4) is 17.2 Å². The highest BCUT2D eigenvalue weighted by atomic mass is 32.2. The Morgan fingerprint density at radius 2 is 2.17 bits per heavy atom. The highest BCUT2D eigenvalue weighted by Crippen LogP contribution is 2.37. The van der Waals surface area contributed by atoms with Crippen molar-refractivity contribution in [2.24, 2.45) is 0 Å². The van der Waals surface area contributed by atoms with Crippen molar-refractivity contribution in [3.05, 3.63) is 17.7 Å². The minimum atomic E-state index is 0.241. The van der Waals surface area contributed by atoms with Gasteiger partial charge < -0.3 is 19.9 Å². The summed E-state index contributed by atoms with van der Waals surface area (Å²) < 4.78 is 10.5. The lowest BCUT2D eigenvalue weighted by molar-refractivity contribution is 0.174. The summed E-state index contributed by atoms with van der Waals surface area (Å²) in [6.45, 7) is 0.915. The lowest BCUT2D eigenvalue weighted by atomic mass is 10.1. The number of aromatic hydroxyl groups is 1. The number of benzene rings is 1. The Bertz CT molecular complexity index is 432. The van der Waals surface area contributed by atoms with Crippen LogP contribution < -0.4 is 14.8 Å². The predicted octanol–water partition coefficient (Wildman–Crippen LogP) is 2.11. The lowest BCUT2D eigenvalue weighted by Crippen LogP contribution is -2.33. The maximum atomic E-state index is 9.92. The second-order valence-electron chi connectivity index (χ2n) is 4.63. The van der Waals surface area contributed by atoms with Gasteiger partial charge in [0.1, 0.15) is 5.75 Å². The zero-order chi connectivity index (χ0) is 12.4. The number of phenolic OH excluding ortho intramolecular Hbond substituents is 1. The molecule has 2 aliphatic rings. The molecule has 1 aromatic carbocycles. The van der Waals surface area contributed by atoms with E-state index in [9.17, 15) is 5.11 Å². The van der Waals surface area contributed by atoms with Gasteiger partial charge in [0.2, 0.25) is 6.79 Å². The lowest BCUT2D eigenvalue weighted by Gasteiger charge is -2.22. The van der Waals surface area contributed by atoms with E-state index in [0.29, 0.717) is 18.3 Å². The van der Waals surface area contributed by atoms with Gasteiger partial charge in [0.15, 0.2) is 11.5 Å². The molecule has 0 amide bonds. The molecule has 2 N–H and O–H groups in total. The van der Waals surface area contributed by atoms with E-state index in [0.717, 1.165) is 17.1 Å². The van der Waals surface area contributed by atoms with Gasteiger partial charge in [-0.15, -0.1) is 0 Å². The molecule has 4 nitrogen and oxygen atoms in total. The molecule has 1 saturated heterocycles. The van der Waals surface area contributed by atoms with E-state index in [1.54, 1.807) is 6.07 Å². The van der Waals surface area contributed by atoms with Crippen molar-refractivity contribution >= 4 is 11.8 Å². The molecule has 0 spiro atoms. The molecule has 1 aromatic rings. The van der Waals surface area contributed by atoms with Gasteiger partial charge >= 0.3 is 0 Å². The Kier molecular flexibility index (Phi) is 3.52. The summed E-state index contributed by atoms with van der Waals surface area (Å²) in [6, 6.07) is 4.05. The van der Waals surface area contributed by atoms with E-state index in [1.165, 1.54) is 18.6 Å². The van der Waals surface area contributed by atoms with Crippen molar-refractivity contribution in [3.63, 3.8) is 0 Å². The first-order valence-corrected chi connectivity index (χ1v) is 7.41. The van der Waals surface area contributed by atoms with Crippen LogP contribution in [0.3, 0.4) is 0 Å². The molecule has 0 bridgehead atoms. The minimum Gasteiger partial charge on any atom is -0.507 e. The van der Waals surface area contributed by atoms with Crippen LogP contribution >= 0.6 is 11.8 Å². The van der Waals surface area contributed by atoms with Crippen molar-refractivity contribution in [1.29, 1.82) is 0 Å². The van der Waals surface area contributed by atoms with Crippen LogP contribution in [0.5, 0.6) is 17.2 Å². The fourth-order valence-corrected chi connectivity index (χ4v) is 3.38. The quantitative estimate of drug-likeness (QED) is 0.878. The van der Waals surface area contributed by atoms with E-state index in [-0.39, 0.29) is 12.5 Å². The second-order valence-corrected chi connectivity index (χ2v) is 5.78. The Labute approximate surface area is 111 Å². The van der Waals surface area contributed by atoms with Crippen LogP contribution in [0.15, 0.2) is 12.1 Å². The standard InChI is InChI=1S/C13H17NO3S/c15-11-5-13-12(16-8-17-13)4-9(11)6-14-10-2-1-3-18-7-10/h4-5,10,14-15H,1-3,6-8H2. The molecule has 2 aliphatic heterocycles. The van der Waals surface area contributed by atoms with Crippen LogP contribution in [0.25, 0.3) is 0 Å². The molecule has 98 valence electrons. The number of phenols is 1. The zero-order valence-electron chi connectivity index (χ0n) is 10.1. The van der Waals surface area contributed by atoms with Crippen LogP contribution in [0.2, 0.25) is 0 Å². The fraction of sp³-hybridized carbons (Fsp3) is 0.538. The average Bonchev–Trinajstić information content (AvgIpc) is 2.84. The summed E-state index contributed by atoms with van der Waals surface area (Å²) in [5, 5.41) is 13.4. The highest BCUT2D eigenvalue weighted by Gasteiger charge is 2.18. The molecule has 2 heterocycles. The van der Waals surface area contributed by atoms with E-state index < -0.39 is 0 Å². The molecule has 0 aliphatic carbocycles. The van der Waals surface area contributed by atoms with Crippen molar-refractivity contribution in [1.82, 2.24) is 5.32 Å². The SMILES string of the molecule is Oc1cc2c(cc1CNC1CCCSC1)OCO2. The fourth-order valence-electron chi connectivity index (χ4n) is 2.27. The van der Waals surface area contributed by atoms with Crippen molar-refractivity contribution in [2.75, 3.05) is 18.3 Å². The van der Waals surface area contributed by atoms with E-state index in [1.807, 2.05) is 17.8 Å². The molecule has 0 aromatic heterocycles. The third kappa shape index (κ3) is 2.52. The first-order valence-electron chi connectivity index (χ1n) is 6.25. The van der Waals surface area contributed by atoms with E-state index in [2.05, 4.69) is 5.32 Å². The normalized spacial score (nSPS) is 22.1. The summed E-state index contributed by atoms with van der Waals surface area (Å²) in [4.78, 5) is 0.